The lowest BCUT2D eigenvalue weighted by Crippen LogP contribution is -2.18. The van der Waals surface area contributed by atoms with E-state index in [4.69, 9.17) is 21.1 Å². The molecule has 2 aromatic rings. The fourth-order valence-electron chi connectivity index (χ4n) is 2.30. The van der Waals surface area contributed by atoms with Crippen LogP contribution in [0.15, 0.2) is 42.0 Å². The molecule has 1 N–H and O–H groups in total. The molecule has 0 aliphatic carbocycles. The molecule has 5 heteroatoms. The molecule has 0 radical (unpaired) electrons. The number of fused-ring (bicyclic) bond motifs is 1. The van der Waals surface area contributed by atoms with E-state index in [2.05, 4.69) is 0 Å². The van der Waals surface area contributed by atoms with Crippen molar-refractivity contribution in [3.05, 3.63) is 58.1 Å². The summed E-state index contributed by atoms with van der Waals surface area (Å²) in [5, 5.41) is 10.3. The number of methoxy groups -OCH3 is 1. The quantitative estimate of drug-likeness (QED) is 0.858. The summed E-state index contributed by atoms with van der Waals surface area (Å²) in [7, 11) is 1.48. The maximum Gasteiger partial charge on any atom is 0.196 e. The highest BCUT2D eigenvalue weighted by molar-refractivity contribution is 6.31. The number of aromatic hydroxyl groups is 1. The highest BCUT2D eigenvalue weighted by atomic mass is 35.5. The number of rotatable bonds is 2. The summed E-state index contributed by atoms with van der Waals surface area (Å²) in [4.78, 5) is 12.5. The van der Waals surface area contributed by atoms with Crippen molar-refractivity contribution in [3.8, 4) is 17.2 Å². The predicted molar refractivity (Wildman–Crippen MR) is 83.9 cm³/mol. The van der Waals surface area contributed by atoms with Crippen molar-refractivity contribution in [1.29, 1.82) is 0 Å². The second kappa shape index (κ2) is 5.73. The van der Waals surface area contributed by atoms with Gasteiger partial charge in [0.2, 0.25) is 0 Å². The van der Waals surface area contributed by atoms with Gasteiger partial charge in [-0.1, -0.05) is 17.7 Å². The van der Waals surface area contributed by atoms with Gasteiger partial charge in [0, 0.05) is 10.6 Å². The first kappa shape index (κ1) is 14.5. The van der Waals surface area contributed by atoms with Crippen molar-refractivity contribution in [2.75, 3.05) is 13.7 Å². The van der Waals surface area contributed by atoms with Crippen LogP contribution < -0.4 is 9.47 Å². The van der Waals surface area contributed by atoms with Crippen molar-refractivity contribution in [3.63, 3.8) is 0 Å². The molecular weight excluding hydrogens is 304 g/mol. The van der Waals surface area contributed by atoms with E-state index < -0.39 is 0 Å². The van der Waals surface area contributed by atoms with Crippen molar-refractivity contribution in [2.45, 2.75) is 0 Å². The number of ketones is 1. The van der Waals surface area contributed by atoms with E-state index in [1.807, 2.05) is 0 Å². The number of hydrogen-bond acceptors (Lipinski definition) is 4. The van der Waals surface area contributed by atoms with Gasteiger partial charge in [-0.3, -0.25) is 4.79 Å². The van der Waals surface area contributed by atoms with E-state index >= 15 is 0 Å². The van der Waals surface area contributed by atoms with Gasteiger partial charge in [-0.2, -0.15) is 0 Å². The molecule has 0 aromatic heterocycles. The molecule has 112 valence electrons. The number of benzene rings is 2. The summed E-state index contributed by atoms with van der Waals surface area (Å²) in [6.45, 7) is 0.166. The van der Waals surface area contributed by atoms with Crippen molar-refractivity contribution in [2.24, 2.45) is 0 Å². The zero-order valence-electron chi connectivity index (χ0n) is 11.8. The molecule has 0 fully saturated rings. The van der Waals surface area contributed by atoms with Crippen LogP contribution in [-0.2, 0) is 0 Å². The van der Waals surface area contributed by atoms with Gasteiger partial charge in [0.1, 0.15) is 12.4 Å². The van der Waals surface area contributed by atoms with Crippen LogP contribution in [0.4, 0.5) is 0 Å². The van der Waals surface area contributed by atoms with E-state index in [0.717, 1.165) is 0 Å². The number of phenols is 1. The minimum absolute atomic E-state index is 0.0215. The Balaban J connectivity index is 1.94. The molecule has 0 atom stereocenters. The minimum atomic E-state index is -0.103. The molecule has 22 heavy (non-hydrogen) atoms. The molecule has 2 aromatic carbocycles. The Morgan fingerprint density at radius 2 is 2.09 bits per heavy atom. The van der Waals surface area contributed by atoms with Gasteiger partial charge in [-0.25, -0.2) is 0 Å². The van der Waals surface area contributed by atoms with Gasteiger partial charge in [0.15, 0.2) is 17.3 Å². The fourth-order valence-corrected chi connectivity index (χ4v) is 2.46. The number of carbonyl (C=O) groups is 1. The molecule has 1 aliphatic heterocycles. The van der Waals surface area contributed by atoms with Gasteiger partial charge in [-0.15, -0.1) is 0 Å². The van der Waals surface area contributed by atoms with Crippen LogP contribution in [0.2, 0.25) is 5.02 Å². The molecule has 4 nitrogen and oxygen atoms in total. The Kier molecular flexibility index (Phi) is 3.77. The van der Waals surface area contributed by atoms with Gasteiger partial charge in [0.25, 0.3) is 0 Å². The molecule has 1 aliphatic rings. The number of carbonyl (C=O) groups excluding carboxylic acids is 1. The van der Waals surface area contributed by atoms with Crippen molar-refractivity contribution >= 4 is 23.5 Å². The van der Waals surface area contributed by atoms with E-state index in [-0.39, 0.29) is 18.1 Å². The Hall–Kier alpha value is -2.46. The largest absolute Gasteiger partial charge is 0.504 e. The maximum absolute atomic E-state index is 12.5. The third-order valence-corrected chi connectivity index (χ3v) is 3.64. The topological polar surface area (TPSA) is 55.8 Å². The summed E-state index contributed by atoms with van der Waals surface area (Å²) in [6.07, 6.45) is 1.69. The smallest absolute Gasteiger partial charge is 0.196 e. The predicted octanol–water partition coefficient (Wildman–Crippen LogP) is 3.71. The summed E-state index contributed by atoms with van der Waals surface area (Å²) in [6, 6.07) is 9.88. The molecule has 0 saturated carbocycles. The molecule has 0 unspecified atom stereocenters. The third-order valence-electron chi connectivity index (χ3n) is 3.41. The summed E-state index contributed by atoms with van der Waals surface area (Å²) >= 11 is 5.89. The first-order valence-corrected chi connectivity index (χ1v) is 7.01. The van der Waals surface area contributed by atoms with E-state index in [1.54, 1.807) is 36.4 Å². The van der Waals surface area contributed by atoms with Crippen LogP contribution in [0.25, 0.3) is 6.08 Å². The van der Waals surface area contributed by atoms with E-state index in [0.29, 0.717) is 33.2 Å². The number of Topliss-reactive ketones (excluding diaryl/α,β-unsaturated/α-hetero) is 1. The Bertz CT molecular complexity index is 780. The molecule has 1 heterocycles. The average molecular weight is 317 g/mol. The van der Waals surface area contributed by atoms with Crippen LogP contribution >= 0.6 is 11.6 Å². The number of hydrogen-bond donors (Lipinski definition) is 1. The SMILES string of the molecule is COc1ccc(/C=C2\COc3cc(Cl)ccc3C2=O)cc1O. The lowest BCUT2D eigenvalue weighted by molar-refractivity contribution is 0.100. The zero-order valence-corrected chi connectivity index (χ0v) is 12.6. The lowest BCUT2D eigenvalue weighted by Gasteiger charge is -2.19. The van der Waals surface area contributed by atoms with Crippen LogP contribution in [-0.4, -0.2) is 24.6 Å². The van der Waals surface area contributed by atoms with Crippen molar-refractivity contribution in [1.82, 2.24) is 0 Å². The first-order chi connectivity index (χ1) is 10.6. The van der Waals surface area contributed by atoms with Crippen LogP contribution in [0.3, 0.4) is 0 Å². The monoisotopic (exact) mass is 316 g/mol. The number of halogens is 1. The van der Waals surface area contributed by atoms with Crippen molar-refractivity contribution < 1.29 is 19.4 Å². The average Bonchev–Trinajstić information content (AvgIpc) is 2.50. The Morgan fingerprint density at radius 1 is 1.27 bits per heavy atom. The second-order valence-electron chi connectivity index (χ2n) is 4.86. The fraction of sp³-hybridized carbons (Fsp3) is 0.118. The van der Waals surface area contributed by atoms with Crippen LogP contribution in [0, 0.1) is 0 Å². The zero-order chi connectivity index (χ0) is 15.7. The van der Waals surface area contributed by atoms with Gasteiger partial charge >= 0.3 is 0 Å². The third kappa shape index (κ3) is 2.65. The number of phenolic OH excluding ortho intramolecular Hbond substituents is 1. The number of ether oxygens (including phenoxy) is 2. The highest BCUT2D eigenvalue weighted by Crippen LogP contribution is 2.32. The highest BCUT2D eigenvalue weighted by Gasteiger charge is 2.23. The first-order valence-electron chi connectivity index (χ1n) is 6.63. The van der Waals surface area contributed by atoms with Gasteiger partial charge in [0.05, 0.1) is 12.7 Å². The maximum atomic E-state index is 12.5. The standard InChI is InChI=1S/C17H13ClO4/c1-21-15-5-2-10(7-14(15)19)6-11-9-22-16-8-12(18)3-4-13(16)17(11)20/h2-8,19H,9H2,1H3/b11-6+. The molecular formula is C17H13ClO4. The summed E-state index contributed by atoms with van der Waals surface area (Å²) < 4.78 is 10.6. The summed E-state index contributed by atoms with van der Waals surface area (Å²) in [5.41, 5.74) is 1.70. The summed E-state index contributed by atoms with van der Waals surface area (Å²) in [5.74, 6) is 0.794. The molecule has 0 saturated heterocycles. The van der Waals surface area contributed by atoms with Gasteiger partial charge < -0.3 is 14.6 Å². The van der Waals surface area contributed by atoms with Crippen LogP contribution in [0.1, 0.15) is 15.9 Å². The Labute approximate surface area is 132 Å². The van der Waals surface area contributed by atoms with Gasteiger partial charge in [-0.05, 0) is 42.0 Å². The molecule has 0 spiro atoms. The van der Waals surface area contributed by atoms with Crippen LogP contribution in [0.5, 0.6) is 17.2 Å². The molecule has 0 amide bonds. The minimum Gasteiger partial charge on any atom is -0.504 e. The van der Waals surface area contributed by atoms with E-state index in [9.17, 15) is 9.90 Å². The normalized spacial score (nSPS) is 15.4. The second-order valence-corrected chi connectivity index (χ2v) is 5.30. The van der Waals surface area contributed by atoms with E-state index in [1.165, 1.54) is 13.2 Å². The Morgan fingerprint density at radius 3 is 2.82 bits per heavy atom. The lowest BCUT2D eigenvalue weighted by atomic mass is 9.98. The molecule has 0 bridgehead atoms. The molecule has 3 rings (SSSR count).